The first-order valence-electron chi connectivity index (χ1n) is 6.14. The van der Waals surface area contributed by atoms with E-state index in [9.17, 15) is 13.2 Å². The molecule has 0 radical (unpaired) electrons. The van der Waals surface area contributed by atoms with Crippen LogP contribution in [0.5, 0.6) is 0 Å². The van der Waals surface area contributed by atoms with Crippen LogP contribution in [-0.4, -0.2) is 17.0 Å². The molecule has 0 spiro atoms. The van der Waals surface area contributed by atoms with Gasteiger partial charge in [-0.25, -0.2) is 9.97 Å². The second-order valence-electron chi connectivity index (χ2n) is 4.54. The molecule has 0 bridgehead atoms. The van der Waals surface area contributed by atoms with Gasteiger partial charge in [0.25, 0.3) is 0 Å². The number of benzene rings is 1. The summed E-state index contributed by atoms with van der Waals surface area (Å²) in [5, 5.41) is 2.87. The Morgan fingerprint density at radius 3 is 2.38 bits per heavy atom. The van der Waals surface area contributed by atoms with E-state index in [-0.39, 0.29) is 11.4 Å². The van der Waals surface area contributed by atoms with Crippen LogP contribution in [0.15, 0.2) is 22.7 Å². The summed E-state index contributed by atoms with van der Waals surface area (Å²) >= 11 is 3.06. The summed E-state index contributed by atoms with van der Waals surface area (Å²) in [6.07, 6.45) is -4.47. The maximum absolute atomic E-state index is 13.2. The molecule has 1 N–H and O–H groups in total. The molecule has 21 heavy (non-hydrogen) atoms. The number of nitrogens with one attached hydrogen (secondary N) is 1. The quantitative estimate of drug-likeness (QED) is 0.852. The first-order valence-corrected chi connectivity index (χ1v) is 6.93. The van der Waals surface area contributed by atoms with E-state index in [1.54, 1.807) is 20.0 Å². The zero-order valence-electron chi connectivity index (χ0n) is 11.6. The molecule has 2 aromatic rings. The van der Waals surface area contributed by atoms with Gasteiger partial charge in [0.15, 0.2) is 5.82 Å². The van der Waals surface area contributed by atoms with Gasteiger partial charge in [-0.2, -0.15) is 13.2 Å². The summed E-state index contributed by atoms with van der Waals surface area (Å²) in [6.45, 7) is 3.56. The van der Waals surface area contributed by atoms with E-state index >= 15 is 0 Å². The van der Waals surface area contributed by atoms with Gasteiger partial charge in [0.1, 0.15) is 5.82 Å². The van der Waals surface area contributed by atoms with Crippen molar-refractivity contribution in [2.45, 2.75) is 20.0 Å². The molecule has 7 heteroatoms. The van der Waals surface area contributed by atoms with Crippen LogP contribution in [0.4, 0.5) is 19.0 Å². The van der Waals surface area contributed by atoms with Crippen molar-refractivity contribution in [3.63, 3.8) is 0 Å². The van der Waals surface area contributed by atoms with Crippen molar-refractivity contribution in [2.24, 2.45) is 0 Å². The van der Waals surface area contributed by atoms with Crippen molar-refractivity contribution in [1.29, 1.82) is 0 Å². The number of rotatable bonds is 2. The minimum atomic E-state index is -4.47. The van der Waals surface area contributed by atoms with Crippen molar-refractivity contribution in [3.8, 4) is 11.4 Å². The number of anilines is 1. The molecule has 0 saturated heterocycles. The smallest absolute Gasteiger partial charge is 0.373 e. The molecule has 0 saturated carbocycles. The summed E-state index contributed by atoms with van der Waals surface area (Å²) in [7, 11) is 1.67. The van der Waals surface area contributed by atoms with Gasteiger partial charge in [0, 0.05) is 28.3 Å². The Kier molecular flexibility index (Phi) is 4.22. The molecule has 0 aliphatic rings. The van der Waals surface area contributed by atoms with Gasteiger partial charge < -0.3 is 5.32 Å². The average Bonchev–Trinajstić information content (AvgIpc) is 2.40. The van der Waals surface area contributed by atoms with Crippen LogP contribution < -0.4 is 5.32 Å². The van der Waals surface area contributed by atoms with Gasteiger partial charge >= 0.3 is 6.18 Å². The monoisotopic (exact) mass is 359 g/mol. The van der Waals surface area contributed by atoms with Crippen LogP contribution in [0.2, 0.25) is 0 Å². The van der Waals surface area contributed by atoms with Gasteiger partial charge in [-0.05, 0) is 32.0 Å². The fourth-order valence-electron chi connectivity index (χ4n) is 1.94. The SMILES string of the molecule is CNc1nc(-c2ccc(Br)cc2C(F)(F)F)nc(C)c1C. The lowest BCUT2D eigenvalue weighted by Gasteiger charge is -2.15. The maximum atomic E-state index is 13.2. The Hall–Kier alpha value is -1.63. The zero-order valence-corrected chi connectivity index (χ0v) is 13.2. The standard InChI is InChI=1S/C14H13BrF3N3/c1-7-8(2)20-13(21-12(7)19-3)10-5-4-9(15)6-11(10)14(16,17)18/h4-6H,1-3H3,(H,19,20,21). The summed E-state index contributed by atoms with van der Waals surface area (Å²) in [6, 6.07) is 3.95. The van der Waals surface area contributed by atoms with Crippen molar-refractivity contribution >= 4 is 21.7 Å². The topological polar surface area (TPSA) is 37.8 Å². The molecule has 0 unspecified atom stereocenters. The van der Waals surface area contributed by atoms with Crippen LogP contribution in [-0.2, 0) is 6.18 Å². The lowest BCUT2D eigenvalue weighted by molar-refractivity contribution is -0.137. The molecule has 1 heterocycles. The Labute approximate surface area is 128 Å². The normalized spacial score (nSPS) is 11.6. The molecule has 112 valence electrons. The highest BCUT2D eigenvalue weighted by molar-refractivity contribution is 9.10. The van der Waals surface area contributed by atoms with Gasteiger partial charge in [-0.1, -0.05) is 15.9 Å². The van der Waals surface area contributed by atoms with E-state index in [4.69, 9.17) is 0 Å². The lowest BCUT2D eigenvalue weighted by Crippen LogP contribution is -2.10. The second-order valence-corrected chi connectivity index (χ2v) is 5.46. The van der Waals surface area contributed by atoms with Crippen molar-refractivity contribution in [1.82, 2.24) is 9.97 Å². The third-order valence-corrected chi connectivity index (χ3v) is 3.65. The molecule has 2 rings (SSSR count). The molecule has 0 amide bonds. The lowest BCUT2D eigenvalue weighted by atomic mass is 10.1. The summed E-state index contributed by atoms with van der Waals surface area (Å²) < 4.78 is 39.9. The van der Waals surface area contributed by atoms with Crippen LogP contribution >= 0.6 is 15.9 Å². The van der Waals surface area contributed by atoms with Gasteiger partial charge in [-0.3, -0.25) is 0 Å². The van der Waals surface area contributed by atoms with E-state index in [1.165, 1.54) is 6.07 Å². The number of alkyl halides is 3. The Balaban J connectivity index is 2.70. The predicted molar refractivity (Wildman–Crippen MR) is 79.2 cm³/mol. The molecular weight excluding hydrogens is 347 g/mol. The predicted octanol–water partition coefficient (Wildman–Crippen LogP) is 4.58. The van der Waals surface area contributed by atoms with Crippen molar-refractivity contribution in [3.05, 3.63) is 39.5 Å². The Morgan fingerprint density at radius 2 is 1.81 bits per heavy atom. The van der Waals surface area contributed by atoms with Crippen LogP contribution in [0.1, 0.15) is 16.8 Å². The average molecular weight is 360 g/mol. The number of nitrogens with zero attached hydrogens (tertiary/aromatic N) is 2. The van der Waals surface area contributed by atoms with E-state index < -0.39 is 11.7 Å². The number of aromatic nitrogens is 2. The first-order chi connectivity index (χ1) is 9.74. The fraction of sp³-hybridized carbons (Fsp3) is 0.286. The van der Waals surface area contributed by atoms with Crippen LogP contribution in [0.3, 0.4) is 0 Å². The number of halogens is 4. The highest BCUT2D eigenvalue weighted by Crippen LogP contribution is 2.38. The molecular formula is C14H13BrF3N3. The molecule has 0 aliphatic carbocycles. The summed E-state index contributed by atoms with van der Waals surface area (Å²) in [5.41, 5.74) is 0.653. The molecule has 1 aromatic heterocycles. The molecule has 0 aliphatic heterocycles. The third-order valence-electron chi connectivity index (χ3n) is 3.15. The second kappa shape index (κ2) is 5.63. The van der Waals surface area contributed by atoms with E-state index in [1.807, 2.05) is 6.92 Å². The van der Waals surface area contributed by atoms with Crippen molar-refractivity contribution < 1.29 is 13.2 Å². The molecule has 0 fully saturated rings. The first kappa shape index (κ1) is 15.8. The van der Waals surface area contributed by atoms with Gasteiger partial charge in [0.2, 0.25) is 0 Å². The summed E-state index contributed by atoms with van der Waals surface area (Å²) in [4.78, 5) is 8.38. The highest BCUT2D eigenvalue weighted by atomic mass is 79.9. The number of hydrogen-bond acceptors (Lipinski definition) is 3. The summed E-state index contributed by atoms with van der Waals surface area (Å²) in [5.74, 6) is 0.579. The maximum Gasteiger partial charge on any atom is 0.417 e. The minimum absolute atomic E-state index is 0.0368. The molecule has 3 nitrogen and oxygen atoms in total. The Morgan fingerprint density at radius 1 is 1.14 bits per heavy atom. The van der Waals surface area contributed by atoms with E-state index in [2.05, 4.69) is 31.2 Å². The number of aryl methyl sites for hydroxylation is 1. The van der Waals surface area contributed by atoms with Gasteiger partial charge in [-0.15, -0.1) is 0 Å². The van der Waals surface area contributed by atoms with E-state index in [0.717, 1.165) is 11.6 Å². The minimum Gasteiger partial charge on any atom is -0.373 e. The van der Waals surface area contributed by atoms with Gasteiger partial charge in [0.05, 0.1) is 5.56 Å². The number of hydrogen-bond donors (Lipinski definition) is 1. The Bertz CT molecular complexity index is 684. The molecule has 0 atom stereocenters. The largest absolute Gasteiger partial charge is 0.417 e. The van der Waals surface area contributed by atoms with Crippen LogP contribution in [0.25, 0.3) is 11.4 Å². The van der Waals surface area contributed by atoms with Crippen LogP contribution in [0, 0.1) is 13.8 Å². The fourth-order valence-corrected chi connectivity index (χ4v) is 2.30. The van der Waals surface area contributed by atoms with E-state index in [0.29, 0.717) is 16.0 Å². The zero-order chi connectivity index (χ0) is 15.8. The molecule has 1 aromatic carbocycles. The highest BCUT2D eigenvalue weighted by Gasteiger charge is 2.34. The third kappa shape index (κ3) is 3.18. The van der Waals surface area contributed by atoms with Crippen molar-refractivity contribution in [2.75, 3.05) is 12.4 Å².